The van der Waals surface area contributed by atoms with Crippen LogP contribution in [0.4, 0.5) is 0 Å². The summed E-state index contributed by atoms with van der Waals surface area (Å²) in [6, 6.07) is 24.5. The van der Waals surface area contributed by atoms with Gasteiger partial charge in [-0.1, -0.05) is 65.8 Å². The van der Waals surface area contributed by atoms with Crippen molar-refractivity contribution in [2.24, 2.45) is 7.05 Å². The van der Waals surface area contributed by atoms with Crippen LogP contribution in [0.2, 0.25) is 5.02 Å². The first kappa shape index (κ1) is 19.3. The highest BCUT2D eigenvalue weighted by molar-refractivity contribution is 7.99. The Morgan fingerprint density at radius 1 is 0.931 bits per heavy atom. The topological polar surface area (TPSA) is 55.1 Å². The van der Waals surface area contributed by atoms with E-state index in [2.05, 4.69) is 4.57 Å². The van der Waals surface area contributed by atoms with E-state index in [1.165, 1.54) is 0 Å². The van der Waals surface area contributed by atoms with E-state index >= 15 is 0 Å². The van der Waals surface area contributed by atoms with Crippen LogP contribution in [0.1, 0.15) is 10.4 Å². The van der Waals surface area contributed by atoms with Crippen LogP contribution in [0, 0.1) is 0 Å². The SMILES string of the molecule is Cn1c(-c2ccccc2)nc(-c2ccc(C(=O)O)cc2)c1Sc1ccc(Cl)cc1. The molecule has 144 valence electrons. The summed E-state index contributed by atoms with van der Waals surface area (Å²) in [5.41, 5.74) is 2.94. The largest absolute Gasteiger partial charge is 0.478 e. The summed E-state index contributed by atoms with van der Waals surface area (Å²) in [6.07, 6.45) is 0. The van der Waals surface area contributed by atoms with Crippen molar-refractivity contribution in [3.05, 3.63) is 89.4 Å². The molecule has 4 nitrogen and oxygen atoms in total. The average Bonchev–Trinajstić information content (AvgIpc) is 3.06. The van der Waals surface area contributed by atoms with Crippen LogP contribution in [-0.2, 0) is 7.05 Å². The molecule has 0 saturated heterocycles. The number of aromatic carboxylic acids is 1. The number of benzene rings is 3. The number of imidazole rings is 1. The molecule has 0 aliphatic heterocycles. The fourth-order valence-electron chi connectivity index (χ4n) is 3.02. The Bertz CT molecular complexity index is 1150. The van der Waals surface area contributed by atoms with Crippen LogP contribution >= 0.6 is 23.4 Å². The Labute approximate surface area is 177 Å². The quantitative estimate of drug-likeness (QED) is 0.414. The van der Waals surface area contributed by atoms with E-state index in [0.29, 0.717) is 5.02 Å². The predicted octanol–water partition coefficient (Wildman–Crippen LogP) is 6.26. The maximum atomic E-state index is 11.2. The lowest BCUT2D eigenvalue weighted by Gasteiger charge is -2.08. The molecular formula is C23H17ClN2O2S. The van der Waals surface area contributed by atoms with Crippen molar-refractivity contribution in [3.8, 4) is 22.6 Å². The normalized spacial score (nSPS) is 10.8. The van der Waals surface area contributed by atoms with Crippen molar-refractivity contribution in [1.82, 2.24) is 9.55 Å². The zero-order valence-electron chi connectivity index (χ0n) is 15.5. The molecule has 0 aliphatic carbocycles. The number of hydrogen-bond acceptors (Lipinski definition) is 3. The van der Waals surface area contributed by atoms with Crippen molar-refractivity contribution in [3.63, 3.8) is 0 Å². The third-order valence-electron chi connectivity index (χ3n) is 4.51. The van der Waals surface area contributed by atoms with E-state index in [0.717, 1.165) is 32.6 Å². The van der Waals surface area contributed by atoms with E-state index in [-0.39, 0.29) is 5.56 Å². The molecule has 3 aromatic carbocycles. The van der Waals surface area contributed by atoms with Gasteiger partial charge in [-0.05, 0) is 36.4 Å². The lowest BCUT2D eigenvalue weighted by Crippen LogP contribution is -1.95. The molecule has 0 fully saturated rings. The third-order valence-corrected chi connectivity index (χ3v) is 5.93. The minimum Gasteiger partial charge on any atom is -0.478 e. The van der Waals surface area contributed by atoms with Crippen molar-refractivity contribution >= 4 is 29.3 Å². The van der Waals surface area contributed by atoms with Crippen LogP contribution in [-0.4, -0.2) is 20.6 Å². The maximum Gasteiger partial charge on any atom is 0.335 e. The molecule has 4 rings (SSSR count). The second-order valence-corrected chi connectivity index (χ2v) is 7.95. The van der Waals surface area contributed by atoms with Crippen molar-refractivity contribution in [2.45, 2.75) is 9.92 Å². The van der Waals surface area contributed by atoms with Crippen LogP contribution in [0.5, 0.6) is 0 Å². The Hall–Kier alpha value is -3.02. The molecule has 1 aromatic heterocycles. The Kier molecular flexibility index (Phi) is 5.43. The fourth-order valence-corrected chi connectivity index (χ4v) is 4.12. The van der Waals surface area contributed by atoms with Gasteiger partial charge in [-0.15, -0.1) is 0 Å². The van der Waals surface area contributed by atoms with Crippen LogP contribution in [0.3, 0.4) is 0 Å². The summed E-state index contributed by atoms with van der Waals surface area (Å²) in [7, 11) is 1.99. The highest BCUT2D eigenvalue weighted by atomic mass is 35.5. The predicted molar refractivity (Wildman–Crippen MR) is 117 cm³/mol. The molecule has 4 aromatic rings. The minimum absolute atomic E-state index is 0.250. The number of rotatable bonds is 5. The molecule has 1 heterocycles. The van der Waals surface area contributed by atoms with Gasteiger partial charge in [0.15, 0.2) is 0 Å². The fraction of sp³-hybridized carbons (Fsp3) is 0.0435. The molecule has 0 amide bonds. The number of aromatic nitrogens is 2. The number of carboxylic acids is 1. The molecule has 0 spiro atoms. The summed E-state index contributed by atoms with van der Waals surface area (Å²) < 4.78 is 2.06. The maximum absolute atomic E-state index is 11.2. The van der Waals surface area contributed by atoms with Gasteiger partial charge in [-0.3, -0.25) is 0 Å². The van der Waals surface area contributed by atoms with E-state index in [4.69, 9.17) is 16.6 Å². The van der Waals surface area contributed by atoms with Crippen LogP contribution < -0.4 is 0 Å². The lowest BCUT2D eigenvalue weighted by atomic mass is 10.1. The highest BCUT2D eigenvalue weighted by Gasteiger charge is 2.19. The van der Waals surface area contributed by atoms with E-state index in [1.54, 1.807) is 36.0 Å². The van der Waals surface area contributed by atoms with Gasteiger partial charge < -0.3 is 9.67 Å². The lowest BCUT2D eigenvalue weighted by molar-refractivity contribution is 0.0697. The van der Waals surface area contributed by atoms with Crippen LogP contribution in [0.25, 0.3) is 22.6 Å². The van der Waals surface area contributed by atoms with E-state index < -0.39 is 5.97 Å². The van der Waals surface area contributed by atoms with Crippen molar-refractivity contribution < 1.29 is 9.90 Å². The van der Waals surface area contributed by atoms with Gasteiger partial charge in [0.2, 0.25) is 0 Å². The summed E-state index contributed by atoms with van der Waals surface area (Å²) in [6.45, 7) is 0. The molecule has 0 aliphatic rings. The zero-order chi connectivity index (χ0) is 20.4. The Morgan fingerprint density at radius 3 is 2.21 bits per heavy atom. The highest BCUT2D eigenvalue weighted by Crippen LogP contribution is 2.38. The molecule has 0 unspecified atom stereocenters. The van der Waals surface area contributed by atoms with Gasteiger partial charge in [-0.25, -0.2) is 9.78 Å². The number of carboxylic acid groups (broad SMARTS) is 1. The summed E-state index contributed by atoms with van der Waals surface area (Å²) >= 11 is 7.62. The number of halogens is 1. The van der Waals surface area contributed by atoms with Gasteiger partial charge in [0.25, 0.3) is 0 Å². The number of hydrogen-bond donors (Lipinski definition) is 1. The zero-order valence-corrected chi connectivity index (χ0v) is 17.1. The molecule has 6 heteroatoms. The van der Waals surface area contributed by atoms with Crippen molar-refractivity contribution in [2.75, 3.05) is 0 Å². The third kappa shape index (κ3) is 4.06. The summed E-state index contributed by atoms with van der Waals surface area (Å²) in [4.78, 5) is 17.1. The molecule has 0 atom stereocenters. The molecule has 29 heavy (non-hydrogen) atoms. The molecular weight excluding hydrogens is 404 g/mol. The van der Waals surface area contributed by atoms with E-state index in [1.807, 2.05) is 61.6 Å². The van der Waals surface area contributed by atoms with E-state index in [9.17, 15) is 9.90 Å². The summed E-state index contributed by atoms with van der Waals surface area (Å²) in [5, 5.41) is 10.8. The van der Waals surface area contributed by atoms with Gasteiger partial charge in [0, 0.05) is 28.1 Å². The summed E-state index contributed by atoms with van der Waals surface area (Å²) in [5.74, 6) is -0.0994. The Balaban J connectivity index is 1.83. The van der Waals surface area contributed by atoms with Crippen molar-refractivity contribution in [1.29, 1.82) is 0 Å². The first-order chi connectivity index (χ1) is 14.0. The standard InChI is InChI=1S/C23H17ClN2O2S/c1-26-21(16-5-3-2-4-6-16)25-20(15-7-9-17(10-8-15)23(27)28)22(26)29-19-13-11-18(24)12-14-19/h2-14H,1H3,(H,27,28). The van der Waals surface area contributed by atoms with Crippen LogP contribution in [0.15, 0.2) is 88.8 Å². The van der Waals surface area contributed by atoms with Gasteiger partial charge in [-0.2, -0.15) is 0 Å². The first-order valence-corrected chi connectivity index (χ1v) is 10.1. The monoisotopic (exact) mass is 420 g/mol. The Morgan fingerprint density at radius 2 is 1.59 bits per heavy atom. The van der Waals surface area contributed by atoms with Gasteiger partial charge in [0.1, 0.15) is 16.5 Å². The molecule has 0 bridgehead atoms. The van der Waals surface area contributed by atoms with Gasteiger partial charge in [0.05, 0.1) is 5.56 Å². The molecule has 1 N–H and O–H groups in total. The van der Waals surface area contributed by atoms with Gasteiger partial charge >= 0.3 is 5.97 Å². The molecule has 0 radical (unpaired) electrons. The second kappa shape index (κ2) is 8.15. The minimum atomic E-state index is -0.946. The number of carbonyl (C=O) groups is 1. The first-order valence-electron chi connectivity index (χ1n) is 8.92. The number of nitrogens with zero attached hydrogens (tertiary/aromatic N) is 2. The second-order valence-electron chi connectivity index (χ2n) is 6.45. The molecule has 0 saturated carbocycles. The smallest absolute Gasteiger partial charge is 0.335 e. The average molecular weight is 421 g/mol.